The highest BCUT2D eigenvalue weighted by Gasteiger charge is 2.40. The Morgan fingerprint density at radius 3 is 2.55 bits per heavy atom. The molecule has 1 aromatic carbocycles. The number of hydrogen-bond donors (Lipinski definition) is 1. The zero-order valence-electron chi connectivity index (χ0n) is 18.5. The maximum absolute atomic E-state index is 13.5. The Morgan fingerprint density at radius 2 is 2.03 bits per heavy atom. The summed E-state index contributed by atoms with van der Waals surface area (Å²) < 4.78 is 52.4. The van der Waals surface area contributed by atoms with Crippen molar-refractivity contribution in [3.05, 3.63) is 24.2 Å². The fourth-order valence-electron chi connectivity index (χ4n) is 3.19. The summed E-state index contributed by atoms with van der Waals surface area (Å²) in [4.78, 5) is 13.3. The SMILES string of the molecule is CCOC[C@@H]1CN(C(C)(C)C)c2cc(SC)c(O/C=C(\F)C(=O)O)cc2S(=O)(=O)N1C. The molecule has 1 N–H and O–H groups in total. The second kappa shape index (κ2) is 9.76. The second-order valence-corrected chi connectivity index (χ2v) is 10.8. The Kier molecular flexibility index (Phi) is 8.01. The van der Waals surface area contributed by atoms with Crippen molar-refractivity contribution in [2.75, 3.05) is 38.0 Å². The fourth-order valence-corrected chi connectivity index (χ4v) is 5.24. The van der Waals surface area contributed by atoms with Gasteiger partial charge in [0.25, 0.3) is 0 Å². The van der Waals surface area contributed by atoms with Gasteiger partial charge in [0.15, 0.2) is 0 Å². The third-order valence-corrected chi connectivity index (χ3v) is 7.62. The first-order chi connectivity index (χ1) is 14.3. The molecular weight excluding hydrogens is 447 g/mol. The van der Waals surface area contributed by atoms with Gasteiger partial charge in [0.05, 0.1) is 23.2 Å². The van der Waals surface area contributed by atoms with Crippen LogP contribution in [-0.4, -0.2) is 68.4 Å². The molecule has 0 aliphatic carbocycles. The first-order valence-electron chi connectivity index (χ1n) is 9.65. The monoisotopic (exact) mass is 476 g/mol. The Morgan fingerprint density at radius 1 is 1.39 bits per heavy atom. The smallest absolute Gasteiger partial charge is 0.368 e. The lowest BCUT2D eigenvalue weighted by Crippen LogP contribution is -2.50. The molecule has 1 aliphatic rings. The van der Waals surface area contributed by atoms with E-state index in [2.05, 4.69) is 0 Å². The zero-order chi connectivity index (χ0) is 23.6. The van der Waals surface area contributed by atoms with Gasteiger partial charge in [-0.3, -0.25) is 0 Å². The minimum Gasteiger partial charge on any atom is -0.476 e. The van der Waals surface area contributed by atoms with E-state index in [1.54, 1.807) is 12.3 Å². The van der Waals surface area contributed by atoms with E-state index in [9.17, 15) is 17.6 Å². The van der Waals surface area contributed by atoms with Gasteiger partial charge in [-0.15, -0.1) is 11.8 Å². The van der Waals surface area contributed by atoms with E-state index in [4.69, 9.17) is 14.6 Å². The molecule has 0 saturated heterocycles. The van der Waals surface area contributed by atoms with Crippen LogP contribution in [0, 0.1) is 0 Å². The number of thioether (sulfide) groups is 1. The van der Waals surface area contributed by atoms with Gasteiger partial charge in [-0.1, -0.05) is 0 Å². The molecule has 11 heteroatoms. The summed E-state index contributed by atoms with van der Waals surface area (Å²) in [7, 11) is -2.44. The van der Waals surface area contributed by atoms with Gasteiger partial charge in [0.1, 0.15) is 16.9 Å². The number of anilines is 1. The number of carbonyl (C=O) groups is 1. The zero-order valence-corrected chi connectivity index (χ0v) is 20.1. The van der Waals surface area contributed by atoms with Crippen molar-refractivity contribution in [2.24, 2.45) is 0 Å². The number of halogens is 1. The summed E-state index contributed by atoms with van der Waals surface area (Å²) in [6, 6.07) is 2.57. The predicted molar refractivity (Wildman–Crippen MR) is 118 cm³/mol. The van der Waals surface area contributed by atoms with Gasteiger partial charge in [0, 0.05) is 31.8 Å². The van der Waals surface area contributed by atoms with Crippen LogP contribution >= 0.6 is 11.8 Å². The number of likely N-dealkylation sites (N-methyl/N-ethyl adjacent to an activating group) is 1. The molecule has 2 rings (SSSR count). The van der Waals surface area contributed by atoms with Crippen LogP contribution in [0.25, 0.3) is 0 Å². The summed E-state index contributed by atoms with van der Waals surface area (Å²) in [5.74, 6) is -3.21. The van der Waals surface area contributed by atoms with E-state index >= 15 is 0 Å². The lowest BCUT2D eigenvalue weighted by Gasteiger charge is -2.39. The molecule has 1 aliphatic heterocycles. The molecule has 31 heavy (non-hydrogen) atoms. The van der Waals surface area contributed by atoms with E-state index in [1.807, 2.05) is 32.6 Å². The van der Waals surface area contributed by atoms with E-state index in [0.717, 1.165) is 0 Å². The number of rotatable bonds is 7. The van der Waals surface area contributed by atoms with Crippen LogP contribution in [-0.2, 0) is 19.6 Å². The molecule has 0 unspecified atom stereocenters. The molecule has 0 amide bonds. The average molecular weight is 477 g/mol. The quantitative estimate of drug-likeness (QED) is 0.364. The molecule has 174 valence electrons. The van der Waals surface area contributed by atoms with E-state index in [0.29, 0.717) is 30.0 Å². The number of nitrogens with zero attached hydrogens (tertiary/aromatic N) is 2. The number of aliphatic carboxylic acids is 1. The molecule has 0 radical (unpaired) electrons. The van der Waals surface area contributed by atoms with Gasteiger partial charge >= 0.3 is 5.97 Å². The molecule has 0 spiro atoms. The number of benzene rings is 1. The van der Waals surface area contributed by atoms with Gasteiger partial charge < -0.3 is 19.5 Å². The third-order valence-electron chi connectivity index (χ3n) is 4.92. The predicted octanol–water partition coefficient (Wildman–Crippen LogP) is 3.33. The minimum absolute atomic E-state index is 0.000793. The largest absolute Gasteiger partial charge is 0.476 e. The van der Waals surface area contributed by atoms with Gasteiger partial charge in [-0.25, -0.2) is 13.2 Å². The third kappa shape index (κ3) is 5.51. The second-order valence-electron chi connectivity index (χ2n) is 7.98. The van der Waals surface area contributed by atoms with Crippen molar-refractivity contribution < 1.29 is 32.2 Å². The van der Waals surface area contributed by atoms with E-state index in [-0.39, 0.29) is 17.3 Å². The molecule has 0 fully saturated rings. The molecule has 1 heterocycles. The normalized spacial score (nSPS) is 19.6. The van der Waals surface area contributed by atoms with Crippen LogP contribution in [0.3, 0.4) is 0 Å². The highest BCUT2D eigenvalue weighted by atomic mass is 32.2. The molecule has 0 aromatic heterocycles. The average Bonchev–Trinajstić information content (AvgIpc) is 2.77. The van der Waals surface area contributed by atoms with Crippen LogP contribution < -0.4 is 9.64 Å². The first kappa shape index (κ1) is 25.4. The molecule has 8 nitrogen and oxygen atoms in total. The van der Waals surface area contributed by atoms with Crippen LogP contribution in [0.5, 0.6) is 5.75 Å². The molecular formula is C20H29FN2O6S2. The van der Waals surface area contributed by atoms with Crippen LogP contribution in [0.2, 0.25) is 0 Å². The summed E-state index contributed by atoms with van der Waals surface area (Å²) >= 11 is 1.28. The molecule has 1 atom stereocenters. The van der Waals surface area contributed by atoms with Crippen LogP contribution in [0.4, 0.5) is 10.1 Å². The summed E-state index contributed by atoms with van der Waals surface area (Å²) in [6.45, 7) is 8.91. The highest BCUT2D eigenvalue weighted by Crippen LogP contribution is 2.42. The Bertz CT molecular complexity index is 959. The number of carboxylic acids is 1. The number of hydrogen-bond acceptors (Lipinski definition) is 7. The van der Waals surface area contributed by atoms with Crippen molar-refractivity contribution in [1.29, 1.82) is 0 Å². The van der Waals surface area contributed by atoms with Crippen LogP contribution in [0.15, 0.2) is 34.0 Å². The van der Waals surface area contributed by atoms with Crippen molar-refractivity contribution >= 4 is 33.4 Å². The number of carboxylic acid groups (broad SMARTS) is 1. The Labute approximate surface area is 187 Å². The summed E-state index contributed by atoms with van der Waals surface area (Å²) in [5.41, 5.74) is 0.0885. The number of fused-ring (bicyclic) bond motifs is 1. The van der Waals surface area contributed by atoms with Gasteiger partial charge in [-0.05, 0) is 40.0 Å². The highest BCUT2D eigenvalue weighted by molar-refractivity contribution is 7.98. The van der Waals surface area contributed by atoms with Crippen LogP contribution in [0.1, 0.15) is 27.7 Å². The number of sulfonamides is 1. The summed E-state index contributed by atoms with van der Waals surface area (Å²) in [6.07, 6.45) is 2.22. The summed E-state index contributed by atoms with van der Waals surface area (Å²) in [5, 5.41) is 8.71. The molecule has 0 saturated carbocycles. The van der Waals surface area contributed by atoms with Crippen molar-refractivity contribution in [3.8, 4) is 5.75 Å². The lowest BCUT2D eigenvalue weighted by molar-refractivity contribution is -0.134. The maximum Gasteiger partial charge on any atom is 0.368 e. The Hall–Kier alpha value is -1.82. The van der Waals surface area contributed by atoms with Crippen molar-refractivity contribution in [2.45, 2.75) is 49.1 Å². The minimum atomic E-state index is -3.94. The standard InChI is InChI=1S/C20H29FN2O6S2/c1-7-28-11-13-10-23(20(2,3)4)15-8-17(30-6)16(29-12-14(21)19(24)25)9-18(15)31(26,27)22(13)5/h8-9,12-13H,7,10-11H2,1-6H3,(H,24,25)/b14-12-/t13-/m0/s1. The van der Waals surface area contributed by atoms with Crippen molar-refractivity contribution in [1.82, 2.24) is 4.31 Å². The molecule has 1 aromatic rings. The van der Waals surface area contributed by atoms with Gasteiger partial charge in [-0.2, -0.15) is 8.70 Å². The number of ether oxygens (including phenoxy) is 2. The van der Waals surface area contributed by atoms with Gasteiger partial charge in [0.2, 0.25) is 15.9 Å². The lowest BCUT2D eigenvalue weighted by atomic mass is 10.0. The van der Waals surface area contributed by atoms with E-state index < -0.39 is 33.4 Å². The Balaban J connectivity index is 2.71. The maximum atomic E-state index is 13.5. The topological polar surface area (TPSA) is 96.4 Å². The van der Waals surface area contributed by atoms with E-state index in [1.165, 1.54) is 29.2 Å². The first-order valence-corrected chi connectivity index (χ1v) is 12.3. The van der Waals surface area contributed by atoms with Crippen molar-refractivity contribution in [3.63, 3.8) is 0 Å². The fraction of sp³-hybridized carbons (Fsp3) is 0.550. The molecule has 0 bridgehead atoms.